The van der Waals surface area contributed by atoms with E-state index in [0.717, 1.165) is 28.2 Å². The van der Waals surface area contributed by atoms with Crippen molar-refractivity contribution in [3.63, 3.8) is 0 Å². The fourth-order valence-corrected chi connectivity index (χ4v) is 2.64. The number of nitrogens with zero attached hydrogens (tertiary/aromatic N) is 3. The minimum absolute atomic E-state index is 0.359. The van der Waals surface area contributed by atoms with Crippen LogP contribution in [-0.4, -0.2) is 14.5 Å². The Balaban J connectivity index is 2.11. The molecule has 102 valence electrons. The maximum atomic E-state index is 6.08. The molecule has 0 aliphatic rings. The van der Waals surface area contributed by atoms with E-state index < -0.39 is 0 Å². The lowest BCUT2D eigenvalue weighted by Gasteiger charge is -2.08. The molecule has 0 fully saturated rings. The van der Waals surface area contributed by atoms with Crippen LogP contribution in [0, 0.1) is 6.92 Å². The first kappa shape index (κ1) is 13.4. The van der Waals surface area contributed by atoms with Gasteiger partial charge in [0.1, 0.15) is 5.82 Å². The molecule has 3 rings (SSSR count). The SMILES string of the molecule is Cc1cccc(Cn2c(CCl)nc3ccc(Cl)cc32)n1. The highest BCUT2D eigenvalue weighted by Gasteiger charge is 2.11. The normalized spacial score (nSPS) is 11.2. The van der Waals surface area contributed by atoms with Crippen LogP contribution in [0.4, 0.5) is 0 Å². The fraction of sp³-hybridized carbons (Fsp3) is 0.200. The van der Waals surface area contributed by atoms with E-state index in [9.17, 15) is 0 Å². The van der Waals surface area contributed by atoms with E-state index in [1.165, 1.54) is 0 Å². The highest BCUT2D eigenvalue weighted by Crippen LogP contribution is 2.22. The smallest absolute Gasteiger partial charge is 0.125 e. The third kappa shape index (κ3) is 2.51. The van der Waals surface area contributed by atoms with Gasteiger partial charge < -0.3 is 4.57 Å². The maximum absolute atomic E-state index is 6.08. The Labute approximate surface area is 127 Å². The van der Waals surface area contributed by atoms with E-state index in [-0.39, 0.29) is 0 Å². The molecule has 3 aromatic rings. The summed E-state index contributed by atoms with van der Waals surface area (Å²) >= 11 is 12.1. The molecule has 0 aliphatic heterocycles. The zero-order valence-corrected chi connectivity index (χ0v) is 12.5. The molecule has 0 aliphatic carbocycles. The molecule has 0 saturated carbocycles. The summed E-state index contributed by atoms with van der Waals surface area (Å²) in [6.07, 6.45) is 0. The van der Waals surface area contributed by atoms with Crippen LogP contribution in [-0.2, 0) is 12.4 Å². The van der Waals surface area contributed by atoms with E-state index in [1.807, 2.05) is 43.3 Å². The van der Waals surface area contributed by atoms with Gasteiger partial charge in [0.05, 0.1) is 29.2 Å². The van der Waals surface area contributed by atoms with Gasteiger partial charge in [-0.3, -0.25) is 4.98 Å². The minimum atomic E-state index is 0.359. The van der Waals surface area contributed by atoms with Crippen LogP contribution in [0.2, 0.25) is 5.02 Å². The number of benzene rings is 1. The highest BCUT2D eigenvalue weighted by molar-refractivity contribution is 6.31. The Bertz CT molecular complexity index is 765. The molecule has 0 amide bonds. The second kappa shape index (κ2) is 5.43. The zero-order valence-electron chi connectivity index (χ0n) is 11.0. The van der Waals surface area contributed by atoms with E-state index in [1.54, 1.807) is 0 Å². The maximum Gasteiger partial charge on any atom is 0.125 e. The predicted octanol–water partition coefficient (Wildman–Crippen LogP) is 4.18. The largest absolute Gasteiger partial charge is 0.321 e. The van der Waals surface area contributed by atoms with Crippen LogP contribution >= 0.6 is 23.2 Å². The third-order valence-electron chi connectivity index (χ3n) is 3.17. The highest BCUT2D eigenvalue weighted by atomic mass is 35.5. The molecule has 1 aromatic carbocycles. The second-order valence-corrected chi connectivity index (χ2v) is 5.35. The second-order valence-electron chi connectivity index (χ2n) is 4.65. The van der Waals surface area contributed by atoms with Gasteiger partial charge in [-0.1, -0.05) is 17.7 Å². The standard InChI is InChI=1S/C15H13Cl2N3/c1-10-3-2-4-12(18-10)9-20-14-7-11(17)5-6-13(14)19-15(20)8-16/h2-7H,8-9H2,1H3. The molecule has 0 bridgehead atoms. The average molecular weight is 306 g/mol. The quantitative estimate of drug-likeness (QED) is 0.680. The molecule has 2 aromatic heterocycles. The van der Waals surface area contributed by atoms with Crippen molar-refractivity contribution in [3.8, 4) is 0 Å². The number of aryl methyl sites for hydroxylation is 1. The summed E-state index contributed by atoms with van der Waals surface area (Å²) in [4.78, 5) is 9.06. The molecule has 0 atom stereocenters. The molecule has 3 nitrogen and oxygen atoms in total. The van der Waals surface area contributed by atoms with Gasteiger partial charge in [0, 0.05) is 10.7 Å². The van der Waals surface area contributed by atoms with Crippen LogP contribution in [0.5, 0.6) is 0 Å². The van der Waals surface area contributed by atoms with Crippen molar-refractivity contribution in [1.29, 1.82) is 0 Å². The van der Waals surface area contributed by atoms with Crippen LogP contribution in [0.15, 0.2) is 36.4 Å². The molecule has 5 heteroatoms. The van der Waals surface area contributed by atoms with Gasteiger partial charge in [-0.05, 0) is 37.3 Å². The summed E-state index contributed by atoms with van der Waals surface area (Å²) < 4.78 is 2.07. The number of halogens is 2. The number of fused-ring (bicyclic) bond motifs is 1. The van der Waals surface area contributed by atoms with Crippen LogP contribution < -0.4 is 0 Å². The summed E-state index contributed by atoms with van der Waals surface area (Å²) in [6, 6.07) is 11.6. The summed E-state index contributed by atoms with van der Waals surface area (Å²) in [7, 11) is 0. The van der Waals surface area contributed by atoms with Gasteiger partial charge in [-0.2, -0.15) is 0 Å². The van der Waals surface area contributed by atoms with Gasteiger partial charge in [0.2, 0.25) is 0 Å². The molecule has 0 saturated heterocycles. The first-order valence-corrected chi connectivity index (χ1v) is 7.22. The first-order valence-electron chi connectivity index (χ1n) is 6.30. The summed E-state index contributed by atoms with van der Waals surface area (Å²) in [5.41, 5.74) is 3.86. The van der Waals surface area contributed by atoms with Gasteiger partial charge in [0.15, 0.2) is 0 Å². The monoisotopic (exact) mass is 305 g/mol. The zero-order chi connectivity index (χ0) is 14.1. The number of hydrogen-bond donors (Lipinski definition) is 0. The number of hydrogen-bond acceptors (Lipinski definition) is 2. The minimum Gasteiger partial charge on any atom is -0.321 e. The average Bonchev–Trinajstić information content (AvgIpc) is 2.76. The Morgan fingerprint density at radius 1 is 1.15 bits per heavy atom. The van der Waals surface area contributed by atoms with Crippen molar-refractivity contribution >= 4 is 34.2 Å². The Kier molecular flexibility index (Phi) is 3.64. The lowest BCUT2D eigenvalue weighted by atomic mass is 10.3. The predicted molar refractivity (Wildman–Crippen MR) is 82.4 cm³/mol. The molecule has 0 unspecified atom stereocenters. The third-order valence-corrected chi connectivity index (χ3v) is 3.65. The fourth-order valence-electron chi connectivity index (χ4n) is 2.27. The van der Waals surface area contributed by atoms with E-state index >= 15 is 0 Å². The van der Waals surface area contributed by atoms with Gasteiger partial charge >= 0.3 is 0 Å². The molecule has 0 radical (unpaired) electrons. The Morgan fingerprint density at radius 2 is 2.00 bits per heavy atom. The van der Waals surface area contributed by atoms with Crippen molar-refractivity contribution in [2.75, 3.05) is 0 Å². The van der Waals surface area contributed by atoms with Crippen molar-refractivity contribution in [2.24, 2.45) is 0 Å². The Morgan fingerprint density at radius 3 is 2.75 bits per heavy atom. The number of rotatable bonds is 3. The van der Waals surface area contributed by atoms with Crippen LogP contribution in [0.1, 0.15) is 17.2 Å². The summed E-state index contributed by atoms with van der Waals surface area (Å²) in [5, 5.41) is 0.692. The molecular formula is C15H13Cl2N3. The molecule has 0 spiro atoms. The van der Waals surface area contributed by atoms with E-state index in [2.05, 4.69) is 14.5 Å². The Hall–Kier alpha value is -1.58. The van der Waals surface area contributed by atoms with Crippen molar-refractivity contribution in [1.82, 2.24) is 14.5 Å². The number of imidazole rings is 1. The lowest BCUT2D eigenvalue weighted by molar-refractivity contribution is 0.755. The van der Waals surface area contributed by atoms with Gasteiger partial charge in [-0.15, -0.1) is 11.6 Å². The van der Waals surface area contributed by atoms with E-state index in [0.29, 0.717) is 17.4 Å². The van der Waals surface area contributed by atoms with Crippen molar-refractivity contribution in [3.05, 3.63) is 58.6 Å². The number of alkyl halides is 1. The van der Waals surface area contributed by atoms with Crippen LogP contribution in [0.3, 0.4) is 0 Å². The molecule has 0 N–H and O–H groups in total. The molecule has 20 heavy (non-hydrogen) atoms. The topological polar surface area (TPSA) is 30.7 Å². The lowest BCUT2D eigenvalue weighted by Crippen LogP contribution is -2.05. The van der Waals surface area contributed by atoms with Gasteiger partial charge in [0.25, 0.3) is 0 Å². The number of pyridine rings is 1. The molecule has 2 heterocycles. The molecular weight excluding hydrogens is 293 g/mol. The van der Waals surface area contributed by atoms with Crippen molar-refractivity contribution in [2.45, 2.75) is 19.3 Å². The summed E-state index contributed by atoms with van der Waals surface area (Å²) in [5.74, 6) is 1.19. The van der Waals surface area contributed by atoms with Crippen molar-refractivity contribution < 1.29 is 0 Å². The first-order chi connectivity index (χ1) is 9.67. The van der Waals surface area contributed by atoms with E-state index in [4.69, 9.17) is 23.2 Å². The van der Waals surface area contributed by atoms with Gasteiger partial charge in [-0.25, -0.2) is 4.98 Å². The number of aromatic nitrogens is 3. The van der Waals surface area contributed by atoms with Crippen LogP contribution in [0.25, 0.3) is 11.0 Å². The summed E-state index contributed by atoms with van der Waals surface area (Å²) in [6.45, 7) is 2.62.